The second-order valence-corrected chi connectivity index (χ2v) is 5.37. The summed E-state index contributed by atoms with van der Waals surface area (Å²) in [5, 5.41) is 3.97. The van der Waals surface area contributed by atoms with E-state index in [9.17, 15) is 0 Å². The molecule has 1 aromatic rings. The van der Waals surface area contributed by atoms with Crippen molar-refractivity contribution >= 4 is 21.6 Å². The normalized spacial score (nSPS) is 11.0. The summed E-state index contributed by atoms with van der Waals surface area (Å²) in [7, 11) is 3.51. The van der Waals surface area contributed by atoms with Crippen LogP contribution in [-0.2, 0) is 5.75 Å². The van der Waals surface area contributed by atoms with E-state index < -0.39 is 0 Å². The first-order valence-corrected chi connectivity index (χ1v) is 6.58. The first-order chi connectivity index (χ1) is 5.74. The van der Waals surface area contributed by atoms with Crippen LogP contribution in [0.3, 0.4) is 0 Å². The van der Waals surface area contributed by atoms with Crippen LogP contribution < -0.4 is 0 Å². The van der Waals surface area contributed by atoms with Crippen LogP contribution in [0.2, 0.25) is 0 Å². The standard InChI is InChI=1S/C8H13NOS2/c1-6(2)8-4-7(10-9-8)5-12-11-3/h4,6H,5H2,1-3H3. The molecule has 0 amide bonds. The van der Waals surface area contributed by atoms with Gasteiger partial charge in [-0.3, -0.25) is 0 Å². The van der Waals surface area contributed by atoms with E-state index in [1.165, 1.54) is 0 Å². The van der Waals surface area contributed by atoms with Gasteiger partial charge in [0.15, 0.2) is 0 Å². The lowest BCUT2D eigenvalue weighted by molar-refractivity contribution is 0.386. The molecule has 12 heavy (non-hydrogen) atoms. The Morgan fingerprint density at radius 2 is 2.33 bits per heavy atom. The molecule has 0 N–H and O–H groups in total. The van der Waals surface area contributed by atoms with Crippen LogP contribution in [-0.4, -0.2) is 11.4 Å². The predicted octanol–water partition coefficient (Wildman–Crippen LogP) is 3.31. The zero-order valence-corrected chi connectivity index (χ0v) is 9.17. The van der Waals surface area contributed by atoms with Gasteiger partial charge in [0.05, 0.1) is 11.4 Å². The van der Waals surface area contributed by atoms with Crippen LogP contribution in [0, 0.1) is 0 Å². The highest BCUT2D eigenvalue weighted by atomic mass is 33.1. The average molecular weight is 203 g/mol. The molecule has 1 aromatic heterocycles. The summed E-state index contributed by atoms with van der Waals surface area (Å²) in [6.07, 6.45) is 2.06. The minimum Gasteiger partial charge on any atom is -0.360 e. The van der Waals surface area contributed by atoms with Crippen LogP contribution >= 0.6 is 21.6 Å². The summed E-state index contributed by atoms with van der Waals surface area (Å²) in [5.74, 6) is 2.33. The maximum Gasteiger partial charge on any atom is 0.147 e. The van der Waals surface area contributed by atoms with Gasteiger partial charge in [0.2, 0.25) is 0 Å². The molecule has 0 aliphatic rings. The van der Waals surface area contributed by atoms with Crippen molar-refractivity contribution in [3.63, 3.8) is 0 Å². The van der Waals surface area contributed by atoms with Crippen molar-refractivity contribution in [2.24, 2.45) is 0 Å². The Morgan fingerprint density at radius 3 is 2.83 bits per heavy atom. The summed E-state index contributed by atoms with van der Waals surface area (Å²) in [4.78, 5) is 0. The summed E-state index contributed by atoms with van der Waals surface area (Å²) >= 11 is 0. The van der Waals surface area contributed by atoms with Crippen molar-refractivity contribution in [1.29, 1.82) is 0 Å². The number of nitrogens with zero attached hydrogens (tertiary/aromatic N) is 1. The van der Waals surface area contributed by atoms with Crippen LogP contribution in [0.15, 0.2) is 10.6 Å². The molecule has 0 fully saturated rings. The molecule has 0 atom stereocenters. The molecule has 1 rings (SSSR count). The quantitative estimate of drug-likeness (QED) is 0.701. The fourth-order valence-corrected chi connectivity index (χ4v) is 1.86. The Bertz CT molecular complexity index is 235. The Balaban J connectivity index is 2.52. The minimum absolute atomic E-state index is 0.460. The summed E-state index contributed by atoms with van der Waals surface area (Å²) in [6, 6.07) is 2.04. The van der Waals surface area contributed by atoms with Crippen molar-refractivity contribution < 1.29 is 4.52 Å². The van der Waals surface area contributed by atoms with Gasteiger partial charge >= 0.3 is 0 Å². The smallest absolute Gasteiger partial charge is 0.147 e. The van der Waals surface area contributed by atoms with E-state index in [-0.39, 0.29) is 0 Å². The molecule has 0 aliphatic carbocycles. The van der Waals surface area contributed by atoms with Crippen LogP contribution in [0.4, 0.5) is 0 Å². The van der Waals surface area contributed by atoms with Gasteiger partial charge in [0.1, 0.15) is 5.76 Å². The van der Waals surface area contributed by atoms with Crippen LogP contribution in [0.5, 0.6) is 0 Å². The van der Waals surface area contributed by atoms with E-state index in [0.717, 1.165) is 17.2 Å². The second-order valence-electron chi connectivity index (χ2n) is 2.80. The minimum atomic E-state index is 0.460. The van der Waals surface area contributed by atoms with Gasteiger partial charge in [-0.25, -0.2) is 0 Å². The van der Waals surface area contributed by atoms with Gasteiger partial charge in [-0.15, -0.1) is 0 Å². The topological polar surface area (TPSA) is 26.0 Å². The van der Waals surface area contributed by atoms with Crippen molar-refractivity contribution in [2.45, 2.75) is 25.5 Å². The zero-order valence-electron chi connectivity index (χ0n) is 7.53. The first kappa shape index (κ1) is 9.99. The van der Waals surface area contributed by atoms with Gasteiger partial charge in [-0.2, -0.15) is 0 Å². The third kappa shape index (κ3) is 2.75. The molecule has 0 aliphatic heterocycles. The lowest BCUT2D eigenvalue weighted by Gasteiger charge is -1.93. The van der Waals surface area contributed by atoms with E-state index >= 15 is 0 Å². The maximum absolute atomic E-state index is 5.14. The summed E-state index contributed by atoms with van der Waals surface area (Å²) in [5.41, 5.74) is 1.05. The highest BCUT2D eigenvalue weighted by Gasteiger charge is 2.06. The van der Waals surface area contributed by atoms with Crippen LogP contribution in [0.25, 0.3) is 0 Å². The number of aromatic nitrogens is 1. The van der Waals surface area contributed by atoms with Crippen molar-refractivity contribution in [3.8, 4) is 0 Å². The zero-order chi connectivity index (χ0) is 8.97. The lowest BCUT2D eigenvalue weighted by atomic mass is 10.1. The monoisotopic (exact) mass is 203 g/mol. The molecule has 4 heteroatoms. The molecule has 0 unspecified atom stereocenters. The molecule has 68 valence electrons. The highest BCUT2D eigenvalue weighted by molar-refractivity contribution is 8.76. The fraction of sp³-hybridized carbons (Fsp3) is 0.625. The second kappa shape index (κ2) is 4.82. The average Bonchev–Trinajstić information content (AvgIpc) is 2.48. The molecule has 0 saturated carbocycles. The molecule has 0 bridgehead atoms. The predicted molar refractivity (Wildman–Crippen MR) is 55.4 cm³/mol. The summed E-state index contributed by atoms with van der Waals surface area (Å²) < 4.78 is 5.14. The molecular weight excluding hydrogens is 190 g/mol. The SMILES string of the molecule is CSSCc1cc(C(C)C)no1. The molecule has 0 radical (unpaired) electrons. The molecule has 1 heterocycles. The Kier molecular flexibility index (Phi) is 4.01. The van der Waals surface area contributed by atoms with E-state index in [0.29, 0.717) is 5.92 Å². The molecular formula is C8H13NOS2. The van der Waals surface area contributed by atoms with E-state index in [4.69, 9.17) is 4.52 Å². The number of hydrogen-bond acceptors (Lipinski definition) is 4. The van der Waals surface area contributed by atoms with Crippen molar-refractivity contribution in [1.82, 2.24) is 5.16 Å². The number of rotatable bonds is 4. The van der Waals surface area contributed by atoms with Gasteiger partial charge < -0.3 is 4.52 Å². The van der Waals surface area contributed by atoms with E-state index in [1.54, 1.807) is 21.6 Å². The Hall–Kier alpha value is -0.0900. The Labute approximate surface area is 80.9 Å². The van der Waals surface area contributed by atoms with Crippen molar-refractivity contribution in [3.05, 3.63) is 17.5 Å². The first-order valence-electron chi connectivity index (χ1n) is 3.85. The Morgan fingerprint density at radius 1 is 1.58 bits per heavy atom. The highest BCUT2D eigenvalue weighted by Crippen LogP contribution is 2.24. The lowest BCUT2D eigenvalue weighted by Crippen LogP contribution is -1.84. The van der Waals surface area contributed by atoms with Crippen LogP contribution in [0.1, 0.15) is 31.2 Å². The third-order valence-electron chi connectivity index (χ3n) is 1.49. The molecule has 0 aromatic carbocycles. The summed E-state index contributed by atoms with van der Waals surface area (Å²) in [6.45, 7) is 4.23. The van der Waals surface area contributed by atoms with Gasteiger partial charge in [-0.1, -0.05) is 40.6 Å². The molecule has 0 saturated heterocycles. The van der Waals surface area contributed by atoms with E-state index in [2.05, 4.69) is 25.3 Å². The van der Waals surface area contributed by atoms with Gasteiger partial charge in [0.25, 0.3) is 0 Å². The number of hydrogen-bond donors (Lipinski definition) is 0. The maximum atomic E-state index is 5.14. The van der Waals surface area contributed by atoms with E-state index in [1.807, 2.05) is 6.07 Å². The molecule has 2 nitrogen and oxygen atoms in total. The van der Waals surface area contributed by atoms with Gasteiger partial charge in [0, 0.05) is 6.07 Å². The fourth-order valence-electron chi connectivity index (χ4n) is 0.786. The largest absolute Gasteiger partial charge is 0.360 e. The molecule has 0 spiro atoms. The van der Waals surface area contributed by atoms with Gasteiger partial charge in [-0.05, 0) is 12.2 Å². The third-order valence-corrected chi connectivity index (χ3v) is 3.19. The van der Waals surface area contributed by atoms with Crippen molar-refractivity contribution in [2.75, 3.05) is 6.26 Å².